The lowest BCUT2D eigenvalue weighted by atomic mass is 9.89. The molecule has 7 heterocycles. The molecule has 9 rings (SSSR count). The van der Waals surface area contributed by atoms with Gasteiger partial charge in [0.15, 0.2) is 11.2 Å². The molecule has 66 heavy (non-hydrogen) atoms. The summed E-state index contributed by atoms with van der Waals surface area (Å²) in [5.41, 5.74) is 9.41. The van der Waals surface area contributed by atoms with Gasteiger partial charge in [-0.3, -0.25) is 29.4 Å². The number of fused-ring (bicyclic) bond motifs is 2. The van der Waals surface area contributed by atoms with Crippen molar-refractivity contribution in [2.75, 3.05) is 50.9 Å². The third kappa shape index (κ3) is 10.6. The number of benzene rings is 2. The van der Waals surface area contributed by atoms with E-state index in [-0.39, 0.29) is 62.8 Å². The Morgan fingerprint density at radius 3 is 2.39 bits per heavy atom. The lowest BCUT2D eigenvalue weighted by Gasteiger charge is -2.36. The van der Waals surface area contributed by atoms with Gasteiger partial charge in [0, 0.05) is 88.5 Å². The first-order valence-electron chi connectivity index (χ1n) is 22.2. The van der Waals surface area contributed by atoms with Gasteiger partial charge in [-0.1, -0.05) is 31.8 Å². The van der Waals surface area contributed by atoms with E-state index in [4.69, 9.17) is 10.8 Å². The van der Waals surface area contributed by atoms with Crippen LogP contribution >= 0.6 is 11.3 Å². The standard InChI is InChI=1S/C45H44F2N10O4S.C2H6.CH4O.3H2/c46-35-21-28(20-33-34(35)24-57(44(33)61)41(43(60)53-45-49-13-19-62-45)40-38-2-1-14-56(38)26-51-40)4-3-27-5-8-37(50-23-27)42(59)52-31-11-17-55(18-12-31)39(58)25-54-15-9-29(10-16-54)32-7-6-30(48)22-36(32)47;2*1-2;;;/h5-8,13,19-23,26,29,31,41H,1-2,9-12,14-18,24-25,48H2,(H,52,59)(H,49,53,60);1-2H3;2H,1H3;3*1H. The van der Waals surface area contributed by atoms with E-state index in [1.54, 1.807) is 42.2 Å². The number of halogens is 2. The molecule has 2 fully saturated rings. The molecule has 2 saturated heterocycles. The van der Waals surface area contributed by atoms with Crippen molar-refractivity contribution in [3.05, 3.63) is 123 Å². The van der Waals surface area contributed by atoms with Crippen molar-refractivity contribution < 1.29 is 37.3 Å². The smallest absolute Gasteiger partial charge is 0.270 e. The van der Waals surface area contributed by atoms with Crippen molar-refractivity contribution in [2.24, 2.45) is 0 Å². The van der Waals surface area contributed by atoms with E-state index in [0.29, 0.717) is 79.6 Å². The largest absolute Gasteiger partial charge is 0.400 e. The minimum atomic E-state index is -1.09. The number of nitrogens with zero attached hydrogens (tertiary/aromatic N) is 7. The fourth-order valence-electron chi connectivity index (χ4n) is 8.92. The number of aliphatic hydroxyl groups excluding tert-OH is 1. The highest BCUT2D eigenvalue weighted by Crippen LogP contribution is 2.37. The first-order chi connectivity index (χ1) is 32.1. The Kier molecular flexibility index (Phi) is 15.5. The summed E-state index contributed by atoms with van der Waals surface area (Å²) in [5, 5.41) is 14.9. The summed E-state index contributed by atoms with van der Waals surface area (Å²) >= 11 is 1.25. The molecule has 0 radical (unpaired) electrons. The zero-order chi connectivity index (χ0) is 46.9. The molecular formula is C48H60F2N10O5S. The highest BCUT2D eigenvalue weighted by molar-refractivity contribution is 7.13. The Hall–Kier alpha value is -6.55. The lowest BCUT2D eigenvalue weighted by molar-refractivity contribution is -0.133. The number of nitrogen functional groups attached to an aromatic ring is 1. The second-order valence-electron chi connectivity index (χ2n) is 16.2. The molecule has 2 aromatic carbocycles. The summed E-state index contributed by atoms with van der Waals surface area (Å²) in [6.45, 7) is 7.45. The second kappa shape index (κ2) is 21.6. The minimum absolute atomic E-state index is 0. The van der Waals surface area contributed by atoms with Gasteiger partial charge in [-0.25, -0.2) is 23.7 Å². The van der Waals surface area contributed by atoms with Crippen LogP contribution in [0.2, 0.25) is 0 Å². The number of pyridine rings is 1. The van der Waals surface area contributed by atoms with E-state index in [1.165, 1.54) is 40.6 Å². The molecule has 5 aromatic rings. The van der Waals surface area contributed by atoms with E-state index in [1.807, 2.05) is 23.3 Å². The van der Waals surface area contributed by atoms with E-state index >= 15 is 4.39 Å². The molecule has 15 nitrogen and oxygen atoms in total. The molecule has 0 spiro atoms. The normalized spacial score (nSPS) is 16.4. The summed E-state index contributed by atoms with van der Waals surface area (Å²) < 4.78 is 32.1. The Morgan fingerprint density at radius 1 is 0.939 bits per heavy atom. The molecule has 4 aliphatic heterocycles. The van der Waals surface area contributed by atoms with Crippen LogP contribution in [0.15, 0.2) is 66.6 Å². The summed E-state index contributed by atoms with van der Waals surface area (Å²) in [6.07, 6.45) is 9.09. The first kappa shape index (κ1) is 47.4. The molecule has 0 saturated carbocycles. The Morgan fingerprint density at radius 2 is 1.70 bits per heavy atom. The summed E-state index contributed by atoms with van der Waals surface area (Å²) in [5.74, 6) is 3.83. The van der Waals surface area contributed by atoms with Crippen LogP contribution in [0.3, 0.4) is 0 Å². The van der Waals surface area contributed by atoms with Crippen LogP contribution in [0, 0.1) is 23.5 Å². The Labute approximate surface area is 390 Å². The minimum Gasteiger partial charge on any atom is -0.400 e. The number of hydrogen-bond acceptors (Lipinski definition) is 11. The number of imidazole rings is 1. The number of carbonyl (C=O) groups excluding carboxylic acids is 4. The van der Waals surface area contributed by atoms with Crippen LogP contribution in [-0.2, 0) is 29.1 Å². The number of aliphatic hydroxyl groups is 1. The third-order valence-corrected chi connectivity index (χ3v) is 12.9. The number of piperidine rings is 2. The molecule has 5 N–H and O–H groups in total. The molecule has 0 bridgehead atoms. The number of thiazole rings is 1. The monoisotopic (exact) mass is 926 g/mol. The van der Waals surface area contributed by atoms with Crippen molar-refractivity contribution in [2.45, 2.75) is 83.5 Å². The predicted octanol–water partition coefficient (Wildman–Crippen LogP) is 6.25. The maximum atomic E-state index is 15.7. The number of nitrogens with two attached hydrogens (primary N) is 1. The van der Waals surface area contributed by atoms with Crippen molar-refractivity contribution in [1.29, 1.82) is 0 Å². The number of nitrogens with one attached hydrogen (secondary N) is 2. The van der Waals surface area contributed by atoms with Gasteiger partial charge in [0.25, 0.3) is 17.7 Å². The number of aromatic nitrogens is 4. The van der Waals surface area contributed by atoms with Crippen LogP contribution in [0.4, 0.5) is 19.6 Å². The topological polar surface area (TPSA) is 192 Å². The van der Waals surface area contributed by atoms with E-state index in [0.717, 1.165) is 38.6 Å². The van der Waals surface area contributed by atoms with Crippen LogP contribution in [0.25, 0.3) is 0 Å². The van der Waals surface area contributed by atoms with Crippen molar-refractivity contribution >= 4 is 45.8 Å². The van der Waals surface area contributed by atoms with Gasteiger partial charge in [-0.15, -0.1) is 11.3 Å². The summed E-state index contributed by atoms with van der Waals surface area (Å²) in [4.78, 5) is 72.3. The summed E-state index contributed by atoms with van der Waals surface area (Å²) in [7, 11) is 1.00. The fourth-order valence-corrected chi connectivity index (χ4v) is 9.45. The fraction of sp³-hybridized carbons (Fsp3) is 0.396. The maximum Gasteiger partial charge on any atom is 0.270 e. The van der Waals surface area contributed by atoms with E-state index < -0.39 is 23.7 Å². The maximum absolute atomic E-state index is 15.7. The SMILES string of the molecule is CC.CO.Nc1ccc(C2CCN(CC(=O)N3CCC(NC(=O)c4ccc(C#Cc5cc(F)c6c(c5)C(=O)N(C(C(=O)Nc5nccs5)c5ncn7c5CCC7)C6)cn4)CC3)CC2)c(F)c1.[HH].[HH].[HH]. The molecule has 18 heteroatoms. The molecule has 0 aliphatic carbocycles. The second-order valence-corrected chi connectivity index (χ2v) is 17.1. The van der Waals surface area contributed by atoms with Gasteiger partial charge < -0.3 is 30.5 Å². The molecule has 352 valence electrons. The molecule has 1 atom stereocenters. The number of likely N-dealkylation sites (tertiary alicyclic amines) is 2. The third-order valence-electron chi connectivity index (χ3n) is 12.2. The highest BCUT2D eigenvalue weighted by Gasteiger charge is 2.42. The summed E-state index contributed by atoms with van der Waals surface area (Å²) in [6, 6.07) is 9.66. The molecule has 1 unspecified atom stereocenters. The average molecular weight is 927 g/mol. The first-order valence-corrected chi connectivity index (χ1v) is 23.1. The zero-order valence-corrected chi connectivity index (χ0v) is 38.0. The zero-order valence-electron chi connectivity index (χ0n) is 37.2. The highest BCUT2D eigenvalue weighted by atomic mass is 32.1. The number of rotatable bonds is 9. The van der Waals surface area contributed by atoms with E-state index in [9.17, 15) is 23.6 Å². The number of carbonyl (C=O) groups is 4. The van der Waals surface area contributed by atoms with Gasteiger partial charge in [0.05, 0.1) is 25.1 Å². The van der Waals surface area contributed by atoms with Crippen LogP contribution in [0.1, 0.15) is 117 Å². The van der Waals surface area contributed by atoms with E-state index in [2.05, 4.69) is 42.3 Å². The van der Waals surface area contributed by atoms with Gasteiger partial charge >= 0.3 is 0 Å². The quantitative estimate of drug-likeness (QED) is 0.0971. The van der Waals surface area contributed by atoms with Crippen molar-refractivity contribution in [3.63, 3.8) is 0 Å². The Balaban J connectivity index is 0.00000144. The van der Waals surface area contributed by atoms with Gasteiger partial charge in [0.2, 0.25) is 5.91 Å². The van der Waals surface area contributed by atoms with Gasteiger partial charge in [0.1, 0.15) is 17.3 Å². The van der Waals surface area contributed by atoms with Gasteiger partial charge in [-0.2, -0.15) is 0 Å². The van der Waals surface area contributed by atoms with Crippen LogP contribution < -0.4 is 16.4 Å². The van der Waals surface area contributed by atoms with Gasteiger partial charge in [-0.05, 0) is 99.5 Å². The van der Waals surface area contributed by atoms with Crippen molar-refractivity contribution in [1.82, 2.24) is 39.5 Å². The molecule has 3 aromatic heterocycles. The predicted molar refractivity (Wildman–Crippen MR) is 253 cm³/mol. The Bertz CT molecular complexity index is 2610. The number of amides is 4. The molecule has 4 aliphatic rings. The average Bonchev–Trinajstić information content (AvgIpc) is 4.16. The molecular weight excluding hydrogens is 867 g/mol. The van der Waals surface area contributed by atoms with Crippen LogP contribution in [0.5, 0.6) is 0 Å². The number of anilines is 2. The number of aryl methyl sites for hydroxylation is 1. The number of hydrogen-bond donors (Lipinski definition) is 4. The van der Waals surface area contributed by atoms with Crippen molar-refractivity contribution in [3.8, 4) is 11.8 Å². The lowest BCUT2D eigenvalue weighted by Crippen LogP contribution is -2.49. The van der Waals surface area contributed by atoms with Crippen LogP contribution in [-0.4, -0.2) is 109 Å². The molecule has 4 amide bonds.